The Kier molecular flexibility index (Phi) is 9.24. The van der Waals surface area contributed by atoms with Gasteiger partial charge in [-0.2, -0.15) is 0 Å². The van der Waals surface area contributed by atoms with Crippen LogP contribution in [0.3, 0.4) is 0 Å². The van der Waals surface area contributed by atoms with Gasteiger partial charge in [0.1, 0.15) is 0 Å². The predicted octanol–water partition coefficient (Wildman–Crippen LogP) is 1.21. The molecule has 16 heavy (non-hydrogen) atoms. The fourth-order valence-electron chi connectivity index (χ4n) is 1.45. The average molecular weight is 230 g/mol. The van der Waals surface area contributed by atoms with E-state index in [0.29, 0.717) is 6.42 Å². The zero-order valence-corrected chi connectivity index (χ0v) is 11.2. The standard InChI is InChI=1S/C10H20N2O2.C2H6/c1-3-11(2)10(13)4-5-12-6-8-14-9-7-12;1-2/h3-9H2,1-2H3;1-2H3. The minimum atomic E-state index is 0.235. The summed E-state index contributed by atoms with van der Waals surface area (Å²) in [5.41, 5.74) is 0. The van der Waals surface area contributed by atoms with Crippen molar-refractivity contribution in [3.8, 4) is 0 Å². The van der Waals surface area contributed by atoms with Crippen molar-refractivity contribution in [2.24, 2.45) is 0 Å². The van der Waals surface area contributed by atoms with Crippen LogP contribution < -0.4 is 0 Å². The Bertz CT molecular complexity index is 180. The highest BCUT2D eigenvalue weighted by atomic mass is 16.5. The Morgan fingerprint density at radius 2 is 1.88 bits per heavy atom. The SMILES string of the molecule is CC.CCN(C)C(=O)CCN1CCOCC1. The Balaban J connectivity index is 0.00000106. The summed E-state index contributed by atoms with van der Waals surface area (Å²) in [4.78, 5) is 15.5. The van der Waals surface area contributed by atoms with Crippen LogP contribution in [0.1, 0.15) is 27.2 Å². The first-order valence-corrected chi connectivity index (χ1v) is 6.28. The lowest BCUT2D eigenvalue weighted by atomic mass is 10.3. The smallest absolute Gasteiger partial charge is 0.223 e. The molecule has 1 rings (SSSR count). The maximum absolute atomic E-state index is 11.5. The second-order valence-corrected chi connectivity index (χ2v) is 3.61. The molecular formula is C12H26N2O2. The van der Waals surface area contributed by atoms with Crippen LogP contribution in [-0.4, -0.2) is 62.1 Å². The highest BCUT2D eigenvalue weighted by molar-refractivity contribution is 5.75. The van der Waals surface area contributed by atoms with Crippen LogP contribution in [0.4, 0.5) is 0 Å². The van der Waals surface area contributed by atoms with Gasteiger partial charge >= 0.3 is 0 Å². The molecule has 0 unspecified atom stereocenters. The summed E-state index contributed by atoms with van der Waals surface area (Å²) < 4.78 is 5.24. The van der Waals surface area contributed by atoms with Crippen molar-refractivity contribution in [1.29, 1.82) is 0 Å². The van der Waals surface area contributed by atoms with Crippen LogP contribution in [0.2, 0.25) is 0 Å². The quantitative estimate of drug-likeness (QED) is 0.728. The monoisotopic (exact) mass is 230 g/mol. The topological polar surface area (TPSA) is 32.8 Å². The van der Waals surface area contributed by atoms with E-state index in [4.69, 9.17) is 4.74 Å². The zero-order chi connectivity index (χ0) is 12.4. The fraction of sp³-hybridized carbons (Fsp3) is 0.917. The van der Waals surface area contributed by atoms with Gasteiger partial charge < -0.3 is 9.64 Å². The molecule has 1 amide bonds. The molecule has 0 radical (unpaired) electrons. The first kappa shape index (κ1) is 15.4. The zero-order valence-electron chi connectivity index (χ0n) is 11.2. The summed E-state index contributed by atoms with van der Waals surface area (Å²) in [6.07, 6.45) is 0.629. The summed E-state index contributed by atoms with van der Waals surface area (Å²) in [5, 5.41) is 0. The van der Waals surface area contributed by atoms with E-state index in [9.17, 15) is 4.79 Å². The van der Waals surface area contributed by atoms with Gasteiger partial charge in [0.15, 0.2) is 0 Å². The molecule has 0 aromatic heterocycles. The third-order valence-corrected chi connectivity index (χ3v) is 2.65. The molecule has 0 aliphatic carbocycles. The lowest BCUT2D eigenvalue weighted by molar-refractivity contribution is -0.130. The first-order chi connectivity index (χ1) is 7.74. The molecule has 0 saturated carbocycles. The minimum absolute atomic E-state index is 0.235. The molecule has 1 heterocycles. The number of ether oxygens (including phenoxy) is 1. The molecule has 0 aromatic rings. The van der Waals surface area contributed by atoms with E-state index < -0.39 is 0 Å². The summed E-state index contributed by atoms with van der Waals surface area (Å²) in [5.74, 6) is 0.235. The number of carbonyl (C=O) groups is 1. The number of amides is 1. The van der Waals surface area contributed by atoms with Crippen LogP contribution in [0.25, 0.3) is 0 Å². The third-order valence-electron chi connectivity index (χ3n) is 2.65. The molecule has 0 spiro atoms. The van der Waals surface area contributed by atoms with E-state index in [2.05, 4.69) is 4.90 Å². The van der Waals surface area contributed by atoms with Crippen molar-refractivity contribution in [2.45, 2.75) is 27.2 Å². The molecule has 0 N–H and O–H groups in total. The minimum Gasteiger partial charge on any atom is -0.379 e. The Morgan fingerprint density at radius 3 is 2.38 bits per heavy atom. The second kappa shape index (κ2) is 9.60. The van der Waals surface area contributed by atoms with Crippen LogP contribution >= 0.6 is 0 Å². The van der Waals surface area contributed by atoms with Crippen LogP contribution in [-0.2, 0) is 9.53 Å². The van der Waals surface area contributed by atoms with Gasteiger partial charge in [-0.05, 0) is 6.92 Å². The van der Waals surface area contributed by atoms with Crippen molar-refractivity contribution < 1.29 is 9.53 Å². The largest absolute Gasteiger partial charge is 0.379 e. The number of hydrogen-bond donors (Lipinski definition) is 0. The van der Waals surface area contributed by atoms with E-state index in [1.807, 2.05) is 27.8 Å². The summed E-state index contributed by atoms with van der Waals surface area (Å²) >= 11 is 0. The van der Waals surface area contributed by atoms with Gasteiger partial charge in [-0.25, -0.2) is 0 Å². The number of morpholine rings is 1. The fourth-order valence-corrected chi connectivity index (χ4v) is 1.45. The number of carbonyl (C=O) groups excluding carboxylic acids is 1. The molecule has 1 aliphatic rings. The molecule has 1 saturated heterocycles. The lowest BCUT2D eigenvalue weighted by Gasteiger charge is -2.26. The van der Waals surface area contributed by atoms with Crippen molar-refractivity contribution >= 4 is 5.91 Å². The predicted molar refractivity (Wildman–Crippen MR) is 66.5 cm³/mol. The Labute approximate surface area is 99.5 Å². The lowest BCUT2D eigenvalue weighted by Crippen LogP contribution is -2.39. The molecule has 1 fully saturated rings. The third kappa shape index (κ3) is 6.08. The van der Waals surface area contributed by atoms with Crippen molar-refractivity contribution in [2.75, 3.05) is 46.4 Å². The van der Waals surface area contributed by atoms with Crippen molar-refractivity contribution in [3.05, 3.63) is 0 Å². The molecule has 0 aromatic carbocycles. The van der Waals surface area contributed by atoms with Crippen LogP contribution in [0, 0.1) is 0 Å². The van der Waals surface area contributed by atoms with Gasteiger partial charge in [0, 0.05) is 39.6 Å². The summed E-state index contributed by atoms with van der Waals surface area (Å²) in [6.45, 7) is 11.2. The van der Waals surface area contributed by atoms with Crippen molar-refractivity contribution in [1.82, 2.24) is 9.80 Å². The first-order valence-electron chi connectivity index (χ1n) is 6.28. The van der Waals surface area contributed by atoms with Gasteiger partial charge in [0.25, 0.3) is 0 Å². The van der Waals surface area contributed by atoms with Gasteiger partial charge in [-0.15, -0.1) is 0 Å². The van der Waals surface area contributed by atoms with Gasteiger partial charge in [0.2, 0.25) is 5.91 Å². The molecule has 0 atom stereocenters. The van der Waals surface area contributed by atoms with Gasteiger partial charge in [-0.1, -0.05) is 13.8 Å². The van der Waals surface area contributed by atoms with Gasteiger partial charge in [0.05, 0.1) is 13.2 Å². The van der Waals surface area contributed by atoms with E-state index in [1.54, 1.807) is 4.90 Å². The maximum atomic E-state index is 11.5. The summed E-state index contributed by atoms with van der Waals surface area (Å²) in [7, 11) is 1.85. The van der Waals surface area contributed by atoms with Crippen molar-refractivity contribution in [3.63, 3.8) is 0 Å². The molecular weight excluding hydrogens is 204 g/mol. The highest BCUT2D eigenvalue weighted by Gasteiger charge is 2.13. The van der Waals surface area contributed by atoms with Crippen LogP contribution in [0.5, 0.6) is 0 Å². The Morgan fingerprint density at radius 1 is 1.31 bits per heavy atom. The van der Waals surface area contributed by atoms with E-state index >= 15 is 0 Å². The number of nitrogens with zero attached hydrogens (tertiary/aromatic N) is 2. The number of rotatable bonds is 4. The van der Waals surface area contributed by atoms with Crippen LogP contribution in [0.15, 0.2) is 0 Å². The van der Waals surface area contributed by atoms with E-state index in [-0.39, 0.29) is 5.91 Å². The average Bonchev–Trinajstić information content (AvgIpc) is 2.38. The highest BCUT2D eigenvalue weighted by Crippen LogP contribution is 1.99. The molecule has 0 bridgehead atoms. The Hall–Kier alpha value is -0.610. The normalized spacial score (nSPS) is 16.2. The summed E-state index contributed by atoms with van der Waals surface area (Å²) in [6, 6.07) is 0. The molecule has 4 nitrogen and oxygen atoms in total. The van der Waals surface area contributed by atoms with E-state index in [0.717, 1.165) is 39.4 Å². The molecule has 96 valence electrons. The van der Waals surface area contributed by atoms with Gasteiger partial charge in [-0.3, -0.25) is 9.69 Å². The second-order valence-electron chi connectivity index (χ2n) is 3.61. The maximum Gasteiger partial charge on any atom is 0.223 e. The molecule has 4 heteroatoms. The van der Waals surface area contributed by atoms with E-state index in [1.165, 1.54) is 0 Å². The number of hydrogen-bond acceptors (Lipinski definition) is 3. The molecule has 1 aliphatic heterocycles.